The molecule has 1 aliphatic heterocycles. The van der Waals surface area contributed by atoms with Gasteiger partial charge in [-0.2, -0.15) is 0 Å². The average Bonchev–Trinajstić information content (AvgIpc) is 2.88. The number of amides is 3. The molecule has 3 amide bonds. The number of benzene rings is 1. The molecule has 26 heavy (non-hydrogen) atoms. The third-order valence-electron chi connectivity index (χ3n) is 5.16. The molecule has 1 saturated heterocycles. The van der Waals surface area contributed by atoms with E-state index in [1.807, 2.05) is 0 Å². The molecule has 0 bridgehead atoms. The molecule has 0 spiro atoms. The highest BCUT2D eigenvalue weighted by Gasteiger charge is 2.48. The van der Waals surface area contributed by atoms with Gasteiger partial charge in [0.05, 0.1) is 18.4 Å². The van der Waals surface area contributed by atoms with Gasteiger partial charge in [0.15, 0.2) is 0 Å². The normalized spacial score (nSPS) is 22.3. The van der Waals surface area contributed by atoms with Crippen molar-refractivity contribution in [3.8, 4) is 5.75 Å². The number of nitrogens with zero attached hydrogens (tertiary/aromatic N) is 2. The highest BCUT2D eigenvalue weighted by Crippen LogP contribution is 2.37. The van der Waals surface area contributed by atoms with Crippen molar-refractivity contribution in [1.82, 2.24) is 9.80 Å². The summed E-state index contributed by atoms with van der Waals surface area (Å²) >= 11 is 5.82. The van der Waals surface area contributed by atoms with E-state index in [0.29, 0.717) is 23.9 Å². The van der Waals surface area contributed by atoms with E-state index in [0.717, 1.165) is 30.6 Å². The fourth-order valence-electron chi connectivity index (χ4n) is 3.60. The van der Waals surface area contributed by atoms with Crippen LogP contribution >= 0.6 is 11.6 Å². The third-order valence-corrected chi connectivity index (χ3v) is 5.41. The van der Waals surface area contributed by atoms with Crippen LogP contribution in [0.4, 0.5) is 0 Å². The summed E-state index contributed by atoms with van der Waals surface area (Å²) in [5.74, 6) is -0.391. The summed E-state index contributed by atoms with van der Waals surface area (Å²) < 4.78 is 5.57. The number of carbonyl (C=O) groups is 3. The number of rotatable bonds is 6. The van der Waals surface area contributed by atoms with E-state index in [4.69, 9.17) is 16.3 Å². The van der Waals surface area contributed by atoms with Gasteiger partial charge in [-0.05, 0) is 37.1 Å². The van der Waals surface area contributed by atoms with Crippen LogP contribution in [0.15, 0.2) is 24.3 Å². The number of carbonyl (C=O) groups excluding carboxylic acids is 3. The lowest BCUT2D eigenvalue weighted by Gasteiger charge is -2.21. The highest BCUT2D eigenvalue weighted by atomic mass is 35.5. The first-order chi connectivity index (χ1) is 12.5. The van der Waals surface area contributed by atoms with Crippen LogP contribution in [0.2, 0.25) is 5.02 Å². The highest BCUT2D eigenvalue weighted by molar-refractivity contribution is 6.30. The van der Waals surface area contributed by atoms with Crippen molar-refractivity contribution < 1.29 is 19.1 Å². The second kappa shape index (κ2) is 8.08. The Morgan fingerprint density at radius 1 is 1.15 bits per heavy atom. The van der Waals surface area contributed by atoms with Crippen LogP contribution in [0.5, 0.6) is 5.75 Å². The largest absolute Gasteiger partial charge is 0.492 e. The van der Waals surface area contributed by atoms with E-state index >= 15 is 0 Å². The molecule has 2 aliphatic rings. The average molecular weight is 379 g/mol. The number of ether oxygens (including phenoxy) is 1. The maximum Gasteiger partial charge on any atom is 0.242 e. The third kappa shape index (κ3) is 4.01. The molecule has 1 aromatic carbocycles. The minimum Gasteiger partial charge on any atom is -0.492 e. The van der Waals surface area contributed by atoms with E-state index < -0.39 is 0 Å². The van der Waals surface area contributed by atoms with Crippen molar-refractivity contribution >= 4 is 29.3 Å². The fraction of sp³-hybridized carbons (Fsp3) is 0.526. The predicted molar refractivity (Wildman–Crippen MR) is 96.8 cm³/mol. The molecule has 6 nitrogen and oxygen atoms in total. The van der Waals surface area contributed by atoms with Crippen LogP contribution in [0.1, 0.15) is 25.7 Å². The minimum atomic E-state index is -0.259. The first kappa shape index (κ1) is 18.7. The first-order valence-corrected chi connectivity index (χ1v) is 9.32. The molecule has 1 saturated carbocycles. The number of imide groups is 1. The Bertz CT molecular complexity index is 667. The van der Waals surface area contributed by atoms with Crippen molar-refractivity contribution in [2.75, 3.05) is 26.7 Å². The van der Waals surface area contributed by atoms with Crippen molar-refractivity contribution in [2.45, 2.75) is 25.7 Å². The van der Waals surface area contributed by atoms with E-state index in [1.165, 1.54) is 4.90 Å². The van der Waals surface area contributed by atoms with Gasteiger partial charge in [0.1, 0.15) is 18.9 Å². The molecule has 7 heteroatoms. The van der Waals surface area contributed by atoms with E-state index in [9.17, 15) is 14.4 Å². The zero-order valence-electron chi connectivity index (χ0n) is 14.8. The predicted octanol–water partition coefficient (Wildman–Crippen LogP) is 2.35. The van der Waals surface area contributed by atoms with Gasteiger partial charge in [0, 0.05) is 12.1 Å². The molecular weight excluding hydrogens is 356 g/mol. The van der Waals surface area contributed by atoms with E-state index in [-0.39, 0.29) is 36.1 Å². The SMILES string of the molecule is CN(CCOc1ccc(Cl)cc1)C(=O)CN1C(=O)C2CCCCC2C1=O. The zero-order valence-corrected chi connectivity index (χ0v) is 15.6. The van der Waals surface area contributed by atoms with Crippen LogP contribution < -0.4 is 4.74 Å². The molecule has 0 N–H and O–H groups in total. The maximum absolute atomic E-state index is 12.4. The van der Waals surface area contributed by atoms with Crippen LogP contribution in [0, 0.1) is 11.8 Å². The standard InChI is InChI=1S/C19H23ClN2O4/c1-21(10-11-26-14-8-6-13(20)7-9-14)17(23)12-22-18(24)15-4-2-3-5-16(15)19(22)25/h6-9,15-16H,2-5,10-12H2,1H3. The Balaban J connectivity index is 1.48. The number of likely N-dealkylation sites (N-methyl/N-ethyl adjacent to an activating group) is 1. The van der Waals surface area contributed by atoms with Gasteiger partial charge in [-0.15, -0.1) is 0 Å². The smallest absolute Gasteiger partial charge is 0.242 e. The van der Waals surface area contributed by atoms with Crippen molar-refractivity contribution in [1.29, 1.82) is 0 Å². The molecule has 1 heterocycles. The van der Waals surface area contributed by atoms with E-state index in [2.05, 4.69) is 0 Å². The molecular formula is C19H23ClN2O4. The lowest BCUT2D eigenvalue weighted by molar-refractivity contribution is -0.146. The Morgan fingerprint density at radius 3 is 2.31 bits per heavy atom. The van der Waals surface area contributed by atoms with Crippen LogP contribution in [-0.2, 0) is 14.4 Å². The number of hydrogen-bond donors (Lipinski definition) is 0. The number of halogens is 1. The van der Waals surface area contributed by atoms with Crippen molar-refractivity contribution in [2.24, 2.45) is 11.8 Å². The molecule has 0 radical (unpaired) electrons. The Kier molecular flexibility index (Phi) is 5.81. The molecule has 140 valence electrons. The molecule has 2 unspecified atom stereocenters. The lowest BCUT2D eigenvalue weighted by atomic mass is 9.81. The molecule has 0 aromatic heterocycles. The zero-order chi connectivity index (χ0) is 18.7. The Morgan fingerprint density at radius 2 is 1.73 bits per heavy atom. The summed E-state index contributed by atoms with van der Waals surface area (Å²) in [5.41, 5.74) is 0. The molecule has 1 aliphatic carbocycles. The molecule has 3 rings (SSSR count). The van der Waals surface area contributed by atoms with Crippen LogP contribution in [0.3, 0.4) is 0 Å². The number of hydrogen-bond acceptors (Lipinski definition) is 4. The summed E-state index contributed by atoms with van der Waals surface area (Å²) in [4.78, 5) is 39.9. The molecule has 2 fully saturated rings. The fourth-order valence-corrected chi connectivity index (χ4v) is 3.72. The summed E-state index contributed by atoms with van der Waals surface area (Å²) in [6.45, 7) is 0.504. The summed E-state index contributed by atoms with van der Waals surface area (Å²) in [7, 11) is 1.64. The van der Waals surface area contributed by atoms with Gasteiger partial charge in [0.2, 0.25) is 17.7 Å². The van der Waals surface area contributed by atoms with Gasteiger partial charge < -0.3 is 9.64 Å². The second-order valence-electron chi connectivity index (χ2n) is 6.88. The van der Waals surface area contributed by atoms with Gasteiger partial charge in [0.25, 0.3) is 0 Å². The van der Waals surface area contributed by atoms with Gasteiger partial charge in [-0.1, -0.05) is 24.4 Å². The number of fused-ring (bicyclic) bond motifs is 1. The number of likely N-dealkylation sites (tertiary alicyclic amines) is 1. The van der Waals surface area contributed by atoms with Crippen molar-refractivity contribution in [3.05, 3.63) is 29.3 Å². The Labute approximate surface area is 158 Å². The van der Waals surface area contributed by atoms with Crippen molar-refractivity contribution in [3.63, 3.8) is 0 Å². The minimum absolute atomic E-state index is 0.178. The van der Waals surface area contributed by atoms with Gasteiger partial charge in [-0.25, -0.2) is 0 Å². The first-order valence-electron chi connectivity index (χ1n) is 8.95. The monoisotopic (exact) mass is 378 g/mol. The second-order valence-corrected chi connectivity index (χ2v) is 7.31. The topological polar surface area (TPSA) is 66.9 Å². The van der Waals surface area contributed by atoms with Crippen LogP contribution in [-0.4, -0.2) is 54.3 Å². The maximum atomic E-state index is 12.4. The van der Waals surface area contributed by atoms with E-state index in [1.54, 1.807) is 31.3 Å². The lowest BCUT2D eigenvalue weighted by Crippen LogP contribution is -2.42. The summed E-state index contributed by atoms with van der Waals surface area (Å²) in [6, 6.07) is 6.98. The Hall–Kier alpha value is -2.08. The van der Waals surface area contributed by atoms with Gasteiger partial charge >= 0.3 is 0 Å². The van der Waals surface area contributed by atoms with Crippen LogP contribution in [0.25, 0.3) is 0 Å². The molecule has 1 aromatic rings. The van der Waals surface area contributed by atoms with Gasteiger partial charge in [-0.3, -0.25) is 19.3 Å². The molecule has 2 atom stereocenters. The summed E-state index contributed by atoms with van der Waals surface area (Å²) in [6.07, 6.45) is 3.46. The quantitative estimate of drug-likeness (QED) is 0.713. The summed E-state index contributed by atoms with van der Waals surface area (Å²) in [5, 5.41) is 0.630.